The van der Waals surface area contributed by atoms with E-state index >= 15 is 0 Å². The maximum absolute atomic E-state index is 12.1. The summed E-state index contributed by atoms with van der Waals surface area (Å²) in [6.45, 7) is 3.69. The van der Waals surface area contributed by atoms with E-state index in [1.165, 1.54) is 0 Å². The third-order valence-electron chi connectivity index (χ3n) is 5.57. The molecule has 30 heavy (non-hydrogen) atoms. The van der Waals surface area contributed by atoms with Crippen LogP contribution in [0.15, 0.2) is 54.7 Å². The first-order valence-electron chi connectivity index (χ1n) is 10.2. The Labute approximate surface area is 177 Å². The van der Waals surface area contributed by atoms with Gasteiger partial charge in [0.05, 0.1) is 17.1 Å². The van der Waals surface area contributed by atoms with Crippen LogP contribution < -0.4 is 9.80 Å². The van der Waals surface area contributed by atoms with Gasteiger partial charge in [0.25, 0.3) is 5.91 Å². The minimum absolute atomic E-state index is 0.0184. The van der Waals surface area contributed by atoms with Gasteiger partial charge >= 0.3 is 0 Å². The number of fused-ring (bicyclic) bond motifs is 1. The molecule has 3 aromatic rings. The van der Waals surface area contributed by atoms with Gasteiger partial charge in [-0.1, -0.05) is 0 Å². The van der Waals surface area contributed by atoms with Crippen molar-refractivity contribution in [3.05, 3.63) is 65.9 Å². The lowest BCUT2D eigenvalue weighted by Crippen LogP contribution is -2.30. The molecule has 1 amide bonds. The van der Waals surface area contributed by atoms with Gasteiger partial charge in [0.15, 0.2) is 0 Å². The summed E-state index contributed by atoms with van der Waals surface area (Å²) in [6.07, 6.45) is 2.87. The summed E-state index contributed by atoms with van der Waals surface area (Å²) >= 11 is 0. The van der Waals surface area contributed by atoms with Crippen molar-refractivity contribution in [1.82, 2.24) is 9.88 Å². The molecule has 1 aliphatic rings. The van der Waals surface area contributed by atoms with E-state index in [9.17, 15) is 10.1 Å². The third kappa shape index (κ3) is 3.92. The van der Waals surface area contributed by atoms with E-state index in [1.807, 2.05) is 54.7 Å². The monoisotopic (exact) mass is 399 g/mol. The zero-order valence-corrected chi connectivity index (χ0v) is 17.4. The Bertz CT molecular complexity index is 1100. The predicted molar refractivity (Wildman–Crippen MR) is 120 cm³/mol. The van der Waals surface area contributed by atoms with Crippen molar-refractivity contribution < 1.29 is 4.79 Å². The largest absolute Gasteiger partial charge is 0.370 e. The summed E-state index contributed by atoms with van der Waals surface area (Å²) in [5.41, 5.74) is 4.54. The minimum Gasteiger partial charge on any atom is -0.370 e. The number of anilines is 2. The Morgan fingerprint density at radius 2 is 1.73 bits per heavy atom. The van der Waals surface area contributed by atoms with Gasteiger partial charge < -0.3 is 14.7 Å². The number of hydrogen-bond donors (Lipinski definition) is 0. The molecule has 0 atom stereocenters. The van der Waals surface area contributed by atoms with Gasteiger partial charge in [-0.3, -0.25) is 9.78 Å². The second-order valence-corrected chi connectivity index (χ2v) is 7.75. The fourth-order valence-electron chi connectivity index (χ4n) is 3.97. The molecule has 0 aliphatic carbocycles. The van der Waals surface area contributed by atoms with Gasteiger partial charge in [-0.2, -0.15) is 5.26 Å². The maximum Gasteiger partial charge on any atom is 0.253 e. The van der Waals surface area contributed by atoms with Crippen LogP contribution in [0.2, 0.25) is 0 Å². The zero-order chi connectivity index (χ0) is 21.1. The van der Waals surface area contributed by atoms with Gasteiger partial charge in [0.2, 0.25) is 0 Å². The number of nitrogens with zero attached hydrogens (tertiary/aromatic N) is 5. The summed E-state index contributed by atoms with van der Waals surface area (Å²) in [4.78, 5) is 22.9. The van der Waals surface area contributed by atoms with Crippen LogP contribution in [0.4, 0.5) is 11.4 Å². The number of benzene rings is 2. The van der Waals surface area contributed by atoms with Crippen molar-refractivity contribution in [2.75, 3.05) is 50.1 Å². The van der Waals surface area contributed by atoms with E-state index < -0.39 is 0 Å². The van der Waals surface area contributed by atoms with E-state index in [2.05, 4.69) is 20.9 Å². The fourth-order valence-corrected chi connectivity index (χ4v) is 3.97. The molecule has 6 heteroatoms. The van der Waals surface area contributed by atoms with Crippen molar-refractivity contribution in [3.63, 3.8) is 0 Å². The molecule has 1 fully saturated rings. The van der Waals surface area contributed by atoms with E-state index in [4.69, 9.17) is 0 Å². The highest BCUT2D eigenvalue weighted by Gasteiger charge is 2.18. The van der Waals surface area contributed by atoms with Crippen molar-refractivity contribution in [3.8, 4) is 6.07 Å². The molecule has 4 rings (SSSR count). The summed E-state index contributed by atoms with van der Waals surface area (Å²) < 4.78 is 0. The third-order valence-corrected chi connectivity index (χ3v) is 5.57. The van der Waals surface area contributed by atoms with Crippen LogP contribution in [0.25, 0.3) is 10.9 Å². The van der Waals surface area contributed by atoms with Crippen LogP contribution in [0.3, 0.4) is 0 Å². The lowest BCUT2D eigenvalue weighted by molar-refractivity contribution is 0.0827. The van der Waals surface area contributed by atoms with Crippen molar-refractivity contribution in [1.29, 1.82) is 5.26 Å². The Hall–Kier alpha value is -3.59. The molecule has 152 valence electrons. The van der Waals surface area contributed by atoms with Crippen LogP contribution in [-0.2, 0) is 0 Å². The molecule has 1 aliphatic heterocycles. The highest BCUT2D eigenvalue weighted by molar-refractivity contribution is 5.94. The number of hydrogen-bond acceptors (Lipinski definition) is 5. The Balaban J connectivity index is 1.53. The van der Waals surface area contributed by atoms with Gasteiger partial charge in [0, 0.05) is 68.8 Å². The summed E-state index contributed by atoms with van der Waals surface area (Å²) in [5.74, 6) is 0.0184. The smallest absolute Gasteiger partial charge is 0.253 e. The molecule has 0 bridgehead atoms. The number of pyridine rings is 1. The molecule has 0 spiro atoms. The molecular formula is C24H25N5O. The number of nitriles is 1. The first-order valence-corrected chi connectivity index (χ1v) is 10.2. The second-order valence-electron chi connectivity index (χ2n) is 7.75. The number of amides is 1. The number of carbonyl (C=O) groups is 1. The average Bonchev–Trinajstić information content (AvgIpc) is 3.04. The number of aromatic nitrogens is 1. The fraction of sp³-hybridized carbons (Fsp3) is 0.292. The minimum atomic E-state index is 0.0184. The molecule has 1 aromatic heterocycles. The van der Waals surface area contributed by atoms with Gasteiger partial charge in [0.1, 0.15) is 0 Å². The van der Waals surface area contributed by atoms with Crippen LogP contribution >= 0.6 is 0 Å². The number of rotatable bonds is 3. The lowest BCUT2D eigenvalue weighted by atomic mass is 10.1. The topological polar surface area (TPSA) is 63.5 Å². The van der Waals surface area contributed by atoms with E-state index in [0.717, 1.165) is 54.9 Å². The lowest BCUT2D eigenvalue weighted by Gasteiger charge is -2.26. The Kier molecular flexibility index (Phi) is 5.53. The second kappa shape index (κ2) is 8.42. The van der Waals surface area contributed by atoms with Gasteiger partial charge in [-0.25, -0.2) is 0 Å². The molecule has 0 saturated carbocycles. The van der Waals surface area contributed by atoms with Crippen molar-refractivity contribution in [2.24, 2.45) is 0 Å². The van der Waals surface area contributed by atoms with E-state index in [-0.39, 0.29) is 5.91 Å². The van der Waals surface area contributed by atoms with Crippen molar-refractivity contribution >= 4 is 28.2 Å². The van der Waals surface area contributed by atoms with Crippen molar-refractivity contribution in [2.45, 2.75) is 6.42 Å². The first-order chi connectivity index (χ1) is 14.6. The maximum atomic E-state index is 12.1. The molecule has 2 aromatic carbocycles. The predicted octanol–water partition coefficient (Wildman–Crippen LogP) is 3.52. The molecule has 1 saturated heterocycles. The average molecular weight is 399 g/mol. The molecule has 6 nitrogen and oxygen atoms in total. The highest BCUT2D eigenvalue weighted by Crippen LogP contribution is 2.28. The first kappa shape index (κ1) is 19.7. The molecule has 0 radical (unpaired) electrons. The van der Waals surface area contributed by atoms with Crippen LogP contribution in [0.1, 0.15) is 22.3 Å². The van der Waals surface area contributed by atoms with Crippen LogP contribution in [0.5, 0.6) is 0 Å². The SMILES string of the molecule is CN(C)C(=O)c1ccc(N2CCCN(c3ccnc4ccc(C#N)cc34)CC2)cc1. The highest BCUT2D eigenvalue weighted by atomic mass is 16.2. The molecular weight excluding hydrogens is 374 g/mol. The summed E-state index contributed by atoms with van der Waals surface area (Å²) in [7, 11) is 3.53. The number of carbonyl (C=O) groups excluding carboxylic acids is 1. The standard InChI is InChI=1S/C24H25N5O/c1-27(2)24(30)19-5-7-20(8-6-19)28-12-3-13-29(15-14-28)23-10-11-26-22-9-4-18(17-25)16-21(22)23/h4-11,16H,3,12-15H2,1-2H3. The summed E-state index contributed by atoms with van der Waals surface area (Å²) in [6, 6.07) is 17.8. The molecule has 0 unspecified atom stereocenters. The van der Waals surface area contributed by atoms with Crippen LogP contribution in [-0.4, -0.2) is 56.1 Å². The van der Waals surface area contributed by atoms with Crippen LogP contribution in [0, 0.1) is 11.3 Å². The van der Waals surface area contributed by atoms with E-state index in [0.29, 0.717) is 11.1 Å². The Morgan fingerprint density at radius 3 is 2.47 bits per heavy atom. The Morgan fingerprint density at radius 1 is 1.00 bits per heavy atom. The zero-order valence-electron chi connectivity index (χ0n) is 17.4. The van der Waals surface area contributed by atoms with E-state index in [1.54, 1.807) is 19.0 Å². The molecule has 0 N–H and O–H groups in total. The molecule has 2 heterocycles. The quantitative estimate of drug-likeness (QED) is 0.674. The normalized spacial score (nSPS) is 14.3. The van der Waals surface area contributed by atoms with Gasteiger partial charge in [-0.05, 0) is 55.0 Å². The van der Waals surface area contributed by atoms with Gasteiger partial charge in [-0.15, -0.1) is 0 Å². The summed E-state index contributed by atoms with van der Waals surface area (Å²) in [5, 5.41) is 10.3.